The van der Waals surface area contributed by atoms with Gasteiger partial charge in [-0.1, -0.05) is 6.08 Å². The van der Waals surface area contributed by atoms with E-state index in [2.05, 4.69) is 48.9 Å². The highest BCUT2D eigenvalue weighted by Gasteiger charge is 2.09. The fourth-order valence-electron chi connectivity index (χ4n) is 1.47. The van der Waals surface area contributed by atoms with E-state index in [0.29, 0.717) is 23.2 Å². The van der Waals surface area contributed by atoms with Crippen LogP contribution in [0.3, 0.4) is 0 Å². The lowest BCUT2D eigenvalue weighted by atomic mass is 10.4. The van der Waals surface area contributed by atoms with Crippen LogP contribution < -0.4 is 10.9 Å². The highest BCUT2D eigenvalue weighted by atomic mass is 79.9. The molecule has 0 saturated carbocycles. The zero-order valence-electron chi connectivity index (χ0n) is 9.90. The number of anilines is 1. The van der Waals surface area contributed by atoms with E-state index in [1.165, 1.54) is 9.56 Å². The van der Waals surface area contributed by atoms with Crippen molar-refractivity contribution in [3.05, 3.63) is 54.5 Å². The minimum atomic E-state index is -0.171. The van der Waals surface area contributed by atoms with Crippen LogP contribution in [0.1, 0.15) is 4.88 Å². The monoisotopic (exact) mass is 403 g/mol. The number of hydrogen-bond donors (Lipinski definition) is 1. The first-order valence-corrected chi connectivity index (χ1v) is 7.92. The molecule has 2 rings (SSSR count). The average Bonchev–Trinajstić information content (AvgIpc) is 2.80. The maximum absolute atomic E-state index is 12.0. The molecule has 2 heterocycles. The van der Waals surface area contributed by atoms with Crippen molar-refractivity contribution in [2.24, 2.45) is 0 Å². The Labute approximate surface area is 131 Å². The molecule has 0 spiro atoms. The molecule has 0 aliphatic rings. The van der Waals surface area contributed by atoms with Gasteiger partial charge >= 0.3 is 0 Å². The van der Waals surface area contributed by atoms with Gasteiger partial charge in [0.2, 0.25) is 0 Å². The van der Waals surface area contributed by atoms with Crippen molar-refractivity contribution in [1.82, 2.24) is 9.78 Å². The summed E-state index contributed by atoms with van der Waals surface area (Å²) in [5.41, 5.74) is 0.515. The van der Waals surface area contributed by atoms with Gasteiger partial charge in [-0.25, -0.2) is 4.68 Å². The smallest absolute Gasteiger partial charge is 0.283 e. The predicted octanol–water partition coefficient (Wildman–Crippen LogP) is 3.63. The van der Waals surface area contributed by atoms with Crippen LogP contribution in [0.2, 0.25) is 0 Å². The highest BCUT2D eigenvalue weighted by Crippen LogP contribution is 2.24. The van der Waals surface area contributed by atoms with Gasteiger partial charge in [-0.2, -0.15) is 5.10 Å². The van der Waals surface area contributed by atoms with Crippen molar-refractivity contribution >= 4 is 48.9 Å². The summed E-state index contributed by atoms with van der Waals surface area (Å²) in [7, 11) is 0. The molecule has 0 atom stereocenters. The number of hydrogen-bond acceptors (Lipinski definition) is 4. The molecule has 0 saturated heterocycles. The Morgan fingerprint density at radius 2 is 2.32 bits per heavy atom. The molecular weight excluding hydrogens is 394 g/mol. The molecule has 0 fully saturated rings. The second kappa shape index (κ2) is 6.49. The molecule has 0 unspecified atom stereocenters. The molecule has 0 radical (unpaired) electrons. The minimum absolute atomic E-state index is 0.171. The summed E-state index contributed by atoms with van der Waals surface area (Å²) in [6, 6.07) is 2.00. The Kier molecular flexibility index (Phi) is 4.95. The molecule has 1 N–H and O–H groups in total. The summed E-state index contributed by atoms with van der Waals surface area (Å²) < 4.78 is 2.90. The highest BCUT2D eigenvalue weighted by molar-refractivity contribution is 9.11. The van der Waals surface area contributed by atoms with E-state index >= 15 is 0 Å². The Hall–Kier alpha value is -0.920. The maximum atomic E-state index is 12.0. The fraction of sp³-hybridized carbons (Fsp3) is 0.167. The van der Waals surface area contributed by atoms with E-state index in [-0.39, 0.29) is 5.56 Å². The predicted molar refractivity (Wildman–Crippen MR) is 85.7 cm³/mol. The summed E-state index contributed by atoms with van der Waals surface area (Å²) in [6.07, 6.45) is 3.27. The number of nitrogens with zero attached hydrogens (tertiary/aromatic N) is 2. The zero-order valence-corrected chi connectivity index (χ0v) is 13.9. The molecule has 0 aromatic carbocycles. The molecule has 4 nitrogen and oxygen atoms in total. The number of allylic oxidation sites excluding steroid dienone is 1. The lowest BCUT2D eigenvalue weighted by Gasteiger charge is -2.09. The molecule has 0 amide bonds. The summed E-state index contributed by atoms with van der Waals surface area (Å²) in [5, 5.41) is 9.29. The number of aromatic nitrogens is 2. The van der Waals surface area contributed by atoms with Gasteiger partial charge in [0.05, 0.1) is 25.0 Å². The Morgan fingerprint density at radius 1 is 1.53 bits per heavy atom. The molecule has 0 aliphatic heterocycles. The van der Waals surface area contributed by atoms with Gasteiger partial charge in [0.25, 0.3) is 5.56 Å². The van der Waals surface area contributed by atoms with Crippen LogP contribution in [-0.2, 0) is 13.1 Å². The van der Waals surface area contributed by atoms with Gasteiger partial charge in [0, 0.05) is 9.35 Å². The third-order valence-corrected chi connectivity index (χ3v) is 5.11. The van der Waals surface area contributed by atoms with Crippen molar-refractivity contribution < 1.29 is 0 Å². The van der Waals surface area contributed by atoms with Crippen LogP contribution in [-0.4, -0.2) is 9.78 Å². The third-order valence-electron chi connectivity index (χ3n) is 2.42. The van der Waals surface area contributed by atoms with Crippen molar-refractivity contribution in [1.29, 1.82) is 0 Å². The van der Waals surface area contributed by atoms with E-state index in [9.17, 15) is 4.79 Å². The largest absolute Gasteiger partial charge is 0.378 e. The molecule has 7 heteroatoms. The zero-order chi connectivity index (χ0) is 13.8. The summed E-state index contributed by atoms with van der Waals surface area (Å²) >= 11 is 8.42. The van der Waals surface area contributed by atoms with Crippen LogP contribution in [0.15, 0.2) is 44.0 Å². The van der Waals surface area contributed by atoms with E-state index < -0.39 is 0 Å². The Balaban J connectivity index is 2.18. The second-order valence-corrected chi connectivity index (χ2v) is 6.34. The van der Waals surface area contributed by atoms with Crippen LogP contribution >= 0.6 is 43.2 Å². The van der Waals surface area contributed by atoms with E-state index in [0.717, 1.165) is 4.47 Å². The topological polar surface area (TPSA) is 46.9 Å². The maximum Gasteiger partial charge on any atom is 0.283 e. The van der Waals surface area contributed by atoms with Crippen molar-refractivity contribution in [2.45, 2.75) is 13.1 Å². The fourth-order valence-corrected chi connectivity index (χ4v) is 3.35. The molecular formula is C12H11Br2N3OS. The molecule has 19 heavy (non-hydrogen) atoms. The van der Waals surface area contributed by atoms with Crippen molar-refractivity contribution in [3.63, 3.8) is 0 Å². The summed E-state index contributed by atoms with van der Waals surface area (Å²) in [5.74, 6) is 0. The normalized spacial score (nSPS) is 10.4. The molecule has 2 aromatic heterocycles. The van der Waals surface area contributed by atoms with Crippen molar-refractivity contribution in [2.75, 3.05) is 5.32 Å². The van der Waals surface area contributed by atoms with Gasteiger partial charge in [-0.05, 0) is 43.3 Å². The number of thiophene rings is 1. The van der Waals surface area contributed by atoms with Crippen LogP contribution in [0.4, 0.5) is 5.69 Å². The first kappa shape index (κ1) is 14.5. The summed E-state index contributed by atoms with van der Waals surface area (Å²) in [4.78, 5) is 13.1. The first-order chi connectivity index (χ1) is 9.13. The van der Waals surface area contributed by atoms with E-state index in [4.69, 9.17) is 0 Å². The number of rotatable bonds is 5. The first-order valence-electron chi connectivity index (χ1n) is 5.45. The Bertz CT molecular complexity index is 651. The SMILES string of the molecule is C=CCn1ncc(NCc2sccc2Br)c(Br)c1=O. The van der Waals surface area contributed by atoms with Crippen LogP contribution in [0, 0.1) is 0 Å². The van der Waals surface area contributed by atoms with Crippen LogP contribution in [0.25, 0.3) is 0 Å². The van der Waals surface area contributed by atoms with Crippen LogP contribution in [0.5, 0.6) is 0 Å². The van der Waals surface area contributed by atoms with Gasteiger partial charge < -0.3 is 5.32 Å². The van der Waals surface area contributed by atoms with Gasteiger partial charge in [-0.15, -0.1) is 17.9 Å². The molecule has 2 aromatic rings. The molecule has 0 aliphatic carbocycles. The lowest BCUT2D eigenvalue weighted by molar-refractivity contribution is 0.649. The minimum Gasteiger partial charge on any atom is -0.378 e. The molecule has 100 valence electrons. The lowest BCUT2D eigenvalue weighted by Crippen LogP contribution is -2.23. The average molecular weight is 405 g/mol. The van der Waals surface area contributed by atoms with Gasteiger partial charge in [-0.3, -0.25) is 4.79 Å². The second-order valence-electron chi connectivity index (χ2n) is 3.69. The van der Waals surface area contributed by atoms with E-state index in [1.807, 2.05) is 11.4 Å². The van der Waals surface area contributed by atoms with Gasteiger partial charge in [0.1, 0.15) is 4.47 Å². The van der Waals surface area contributed by atoms with E-state index in [1.54, 1.807) is 23.6 Å². The molecule has 0 bridgehead atoms. The number of nitrogens with one attached hydrogen (secondary N) is 1. The van der Waals surface area contributed by atoms with Gasteiger partial charge in [0.15, 0.2) is 0 Å². The standard InChI is InChI=1S/C12H11Br2N3OS/c1-2-4-17-12(18)11(14)9(6-16-17)15-7-10-8(13)3-5-19-10/h2-3,5-6,15H,1,4,7H2. The third kappa shape index (κ3) is 3.34. The quantitative estimate of drug-likeness (QED) is 0.774. The number of halogens is 2. The summed E-state index contributed by atoms with van der Waals surface area (Å²) in [6.45, 7) is 4.63. The van der Waals surface area contributed by atoms with Crippen molar-refractivity contribution in [3.8, 4) is 0 Å². The Morgan fingerprint density at radius 3 is 2.95 bits per heavy atom.